The molecule has 150 valence electrons. The first kappa shape index (κ1) is 20.8. The largest absolute Gasteiger partial charge is 0.323 e. The minimum atomic E-state index is -3.99. The van der Waals surface area contributed by atoms with Gasteiger partial charge in [-0.25, -0.2) is 21.6 Å². The Kier molecular flexibility index (Phi) is 6.11. The quantitative estimate of drug-likeness (QED) is 0.727. The van der Waals surface area contributed by atoms with E-state index < -0.39 is 39.3 Å². The molecule has 2 aromatic carbocycles. The minimum absolute atomic E-state index is 0.0439. The summed E-state index contributed by atoms with van der Waals surface area (Å²) in [5.74, 6) is -3.84. The lowest BCUT2D eigenvalue weighted by Gasteiger charge is -2.30. The zero-order chi connectivity index (χ0) is 20.5. The minimum Gasteiger partial charge on any atom is -0.323 e. The molecular formula is C18H16BrF3N2O3S. The first-order valence-electron chi connectivity index (χ1n) is 8.39. The van der Waals surface area contributed by atoms with Crippen molar-refractivity contribution in [1.82, 2.24) is 4.31 Å². The topological polar surface area (TPSA) is 66.5 Å². The zero-order valence-corrected chi connectivity index (χ0v) is 16.9. The molecule has 0 spiro atoms. The predicted octanol–water partition coefficient (Wildman–Crippen LogP) is 3.91. The summed E-state index contributed by atoms with van der Waals surface area (Å²) in [5.41, 5.74) is 0.0463. The van der Waals surface area contributed by atoms with Crippen LogP contribution in [-0.2, 0) is 14.8 Å². The van der Waals surface area contributed by atoms with Gasteiger partial charge in [-0.15, -0.1) is 0 Å². The van der Waals surface area contributed by atoms with Crippen LogP contribution in [0.1, 0.15) is 12.8 Å². The van der Waals surface area contributed by atoms with Gasteiger partial charge in [0.25, 0.3) is 0 Å². The summed E-state index contributed by atoms with van der Waals surface area (Å²) >= 11 is 3.13. The van der Waals surface area contributed by atoms with E-state index in [1.807, 2.05) is 0 Å². The molecule has 2 aromatic rings. The monoisotopic (exact) mass is 476 g/mol. The Bertz CT molecular complexity index is 1010. The summed E-state index contributed by atoms with van der Waals surface area (Å²) in [4.78, 5) is 12.0. The highest BCUT2D eigenvalue weighted by atomic mass is 79.9. The van der Waals surface area contributed by atoms with Crippen LogP contribution in [-0.4, -0.2) is 31.7 Å². The van der Waals surface area contributed by atoms with Gasteiger partial charge >= 0.3 is 0 Å². The van der Waals surface area contributed by atoms with Gasteiger partial charge in [-0.05, 0) is 49.2 Å². The molecule has 0 bridgehead atoms. The van der Waals surface area contributed by atoms with Crippen LogP contribution in [0.5, 0.6) is 0 Å². The number of carbonyl (C=O) groups is 1. The molecule has 0 atom stereocenters. The maximum atomic E-state index is 13.9. The third-order valence-electron chi connectivity index (χ3n) is 4.54. The Balaban J connectivity index is 1.64. The summed E-state index contributed by atoms with van der Waals surface area (Å²) < 4.78 is 67.1. The Morgan fingerprint density at radius 1 is 1.00 bits per heavy atom. The van der Waals surface area contributed by atoms with Gasteiger partial charge in [-0.2, -0.15) is 4.31 Å². The predicted molar refractivity (Wildman–Crippen MR) is 101 cm³/mol. The molecule has 28 heavy (non-hydrogen) atoms. The number of amides is 1. The first-order valence-corrected chi connectivity index (χ1v) is 10.6. The SMILES string of the molecule is O=C(Nc1ccc(Br)cc1F)C1CCN(S(=O)(=O)c2ccc(F)c(F)c2)CC1. The van der Waals surface area contributed by atoms with Crippen molar-refractivity contribution in [3.8, 4) is 0 Å². The van der Waals surface area contributed by atoms with Gasteiger partial charge < -0.3 is 5.32 Å². The van der Waals surface area contributed by atoms with Crippen LogP contribution in [0.3, 0.4) is 0 Å². The molecule has 0 unspecified atom stereocenters. The maximum absolute atomic E-state index is 13.9. The molecule has 3 rings (SSSR count). The van der Waals surface area contributed by atoms with Crippen molar-refractivity contribution in [2.45, 2.75) is 17.7 Å². The van der Waals surface area contributed by atoms with E-state index in [4.69, 9.17) is 0 Å². The second-order valence-corrected chi connectivity index (χ2v) is 9.22. The van der Waals surface area contributed by atoms with Crippen LogP contribution in [0.25, 0.3) is 0 Å². The van der Waals surface area contributed by atoms with Gasteiger partial charge in [0.15, 0.2) is 11.6 Å². The molecule has 1 amide bonds. The second-order valence-electron chi connectivity index (χ2n) is 6.37. The number of piperidine rings is 1. The third-order valence-corrected chi connectivity index (χ3v) is 6.93. The lowest BCUT2D eigenvalue weighted by Crippen LogP contribution is -2.41. The van der Waals surface area contributed by atoms with Gasteiger partial charge in [0, 0.05) is 23.5 Å². The molecule has 0 aromatic heterocycles. The van der Waals surface area contributed by atoms with Gasteiger partial charge in [0.1, 0.15) is 5.82 Å². The van der Waals surface area contributed by atoms with Crippen LogP contribution < -0.4 is 5.32 Å². The van der Waals surface area contributed by atoms with Crippen LogP contribution >= 0.6 is 15.9 Å². The lowest BCUT2D eigenvalue weighted by atomic mass is 9.97. The fraction of sp³-hybridized carbons (Fsp3) is 0.278. The normalized spacial score (nSPS) is 16.1. The summed E-state index contributed by atoms with van der Waals surface area (Å²) in [6, 6.07) is 6.65. The van der Waals surface area contributed by atoms with E-state index in [2.05, 4.69) is 21.2 Å². The number of hydrogen-bond donors (Lipinski definition) is 1. The van der Waals surface area contributed by atoms with Crippen LogP contribution in [0.4, 0.5) is 18.9 Å². The molecular weight excluding hydrogens is 461 g/mol. The van der Waals surface area contributed by atoms with Crippen molar-refractivity contribution in [1.29, 1.82) is 0 Å². The average molecular weight is 477 g/mol. The van der Waals surface area contributed by atoms with Gasteiger partial charge in [0.05, 0.1) is 10.6 Å². The number of nitrogens with one attached hydrogen (secondary N) is 1. The maximum Gasteiger partial charge on any atom is 0.243 e. The molecule has 1 heterocycles. The fourth-order valence-electron chi connectivity index (χ4n) is 2.97. The number of benzene rings is 2. The number of sulfonamides is 1. The van der Waals surface area contributed by atoms with Crippen molar-refractivity contribution in [2.24, 2.45) is 5.92 Å². The van der Waals surface area contributed by atoms with E-state index in [9.17, 15) is 26.4 Å². The molecule has 1 N–H and O–H groups in total. The Morgan fingerprint density at radius 3 is 2.29 bits per heavy atom. The summed E-state index contributed by atoms with van der Waals surface area (Å²) in [7, 11) is -3.99. The number of nitrogens with zero attached hydrogens (tertiary/aromatic N) is 1. The van der Waals surface area contributed by atoms with Crippen LogP contribution in [0.15, 0.2) is 45.8 Å². The smallest absolute Gasteiger partial charge is 0.243 e. The highest BCUT2D eigenvalue weighted by molar-refractivity contribution is 9.10. The summed E-state index contributed by atoms with van der Waals surface area (Å²) in [6.45, 7) is 0.0878. The van der Waals surface area contributed by atoms with Crippen molar-refractivity contribution in [2.75, 3.05) is 18.4 Å². The molecule has 0 saturated carbocycles. The van der Waals surface area contributed by atoms with E-state index >= 15 is 0 Å². The highest BCUT2D eigenvalue weighted by Gasteiger charge is 2.32. The second kappa shape index (κ2) is 8.22. The van der Waals surface area contributed by atoms with Gasteiger partial charge in [0.2, 0.25) is 15.9 Å². The molecule has 0 aliphatic carbocycles. The number of carbonyl (C=O) groups excluding carboxylic acids is 1. The molecule has 1 aliphatic rings. The molecule has 10 heteroatoms. The number of rotatable bonds is 4. The van der Waals surface area contributed by atoms with Crippen molar-refractivity contribution in [3.63, 3.8) is 0 Å². The Labute approximate surface area is 168 Å². The zero-order valence-electron chi connectivity index (χ0n) is 14.5. The number of halogens is 4. The summed E-state index contributed by atoms with van der Waals surface area (Å²) in [5, 5.41) is 2.51. The molecule has 5 nitrogen and oxygen atoms in total. The molecule has 1 aliphatic heterocycles. The molecule has 1 fully saturated rings. The van der Waals surface area contributed by atoms with E-state index in [0.29, 0.717) is 10.5 Å². The van der Waals surface area contributed by atoms with Gasteiger partial charge in [-0.1, -0.05) is 15.9 Å². The number of anilines is 1. The van der Waals surface area contributed by atoms with E-state index in [1.165, 1.54) is 12.1 Å². The van der Waals surface area contributed by atoms with E-state index in [-0.39, 0.29) is 36.5 Å². The molecule has 0 radical (unpaired) electrons. The van der Waals surface area contributed by atoms with Crippen molar-refractivity contribution in [3.05, 3.63) is 58.3 Å². The first-order chi connectivity index (χ1) is 13.2. The number of hydrogen-bond acceptors (Lipinski definition) is 3. The average Bonchev–Trinajstić information content (AvgIpc) is 2.66. The van der Waals surface area contributed by atoms with Crippen LogP contribution in [0, 0.1) is 23.4 Å². The molecule has 1 saturated heterocycles. The lowest BCUT2D eigenvalue weighted by molar-refractivity contribution is -0.120. The van der Waals surface area contributed by atoms with E-state index in [1.54, 1.807) is 6.07 Å². The highest BCUT2D eigenvalue weighted by Crippen LogP contribution is 2.26. The summed E-state index contributed by atoms with van der Waals surface area (Å²) in [6.07, 6.45) is 0.458. The third kappa shape index (κ3) is 4.39. The standard InChI is InChI=1S/C18H16BrF3N2O3S/c19-12-1-4-17(16(22)9-12)23-18(25)11-5-7-24(8-6-11)28(26,27)13-2-3-14(20)15(21)10-13/h1-4,9-11H,5-8H2,(H,23,25). The van der Waals surface area contributed by atoms with Crippen molar-refractivity contribution < 1.29 is 26.4 Å². The Hall–Kier alpha value is -1.91. The van der Waals surface area contributed by atoms with Crippen molar-refractivity contribution >= 4 is 37.5 Å². The fourth-order valence-corrected chi connectivity index (χ4v) is 4.79. The Morgan fingerprint density at radius 2 is 1.68 bits per heavy atom. The van der Waals surface area contributed by atoms with Crippen LogP contribution in [0.2, 0.25) is 0 Å². The van der Waals surface area contributed by atoms with E-state index in [0.717, 1.165) is 16.4 Å². The van der Waals surface area contributed by atoms with Gasteiger partial charge in [-0.3, -0.25) is 4.79 Å².